The van der Waals surface area contributed by atoms with Gasteiger partial charge in [-0.15, -0.1) is 0 Å². The third-order valence-electron chi connectivity index (χ3n) is 20.6. The van der Waals surface area contributed by atoms with Gasteiger partial charge in [-0.25, -0.2) is 0 Å². The molecule has 8 aliphatic rings. The van der Waals surface area contributed by atoms with Gasteiger partial charge in [0.05, 0.1) is 12.7 Å². The SMILES string of the molecule is CN=C(N)NC1CSSCC2C(N)CC3CC(CCc4oc(CCc5ccc(O)c(OCC(O)c6cc7c([nH]6)C6C=CC8(CCCC8C68CCCC8)C7C(CCCO)NCC(C)O)c5)cc4CO)CCC2C3CCC1C. The molecule has 5 fully saturated rings. The highest BCUT2D eigenvalue weighted by Crippen LogP contribution is 2.73. The first kappa shape index (κ1) is 56.1. The number of nitrogens with one attached hydrogen (secondary N) is 3. The average Bonchev–Trinajstić information content (AvgIpc) is 4.33. The summed E-state index contributed by atoms with van der Waals surface area (Å²) in [6.07, 6.45) is 23.9. The number of nitrogens with two attached hydrogens (primary N) is 2. The van der Waals surface area contributed by atoms with Gasteiger partial charge in [-0.3, -0.25) is 4.99 Å². The van der Waals surface area contributed by atoms with E-state index in [1.54, 1.807) is 13.1 Å². The number of guanidine groups is 1. The summed E-state index contributed by atoms with van der Waals surface area (Å²) in [6, 6.07) is 10.3. The second kappa shape index (κ2) is 24.7. The zero-order valence-electron chi connectivity index (χ0n) is 45.8. The molecule has 1 aliphatic heterocycles. The minimum absolute atomic E-state index is 0.0244. The monoisotopic (exact) mass is 1080 g/mol. The van der Waals surface area contributed by atoms with Crippen molar-refractivity contribution in [3.05, 3.63) is 82.1 Å². The summed E-state index contributed by atoms with van der Waals surface area (Å²) in [4.78, 5) is 8.01. The second-order valence-electron chi connectivity index (χ2n) is 24.9. The van der Waals surface area contributed by atoms with Crippen LogP contribution in [0.15, 0.2) is 51.9 Å². The van der Waals surface area contributed by atoms with Gasteiger partial charge in [0.25, 0.3) is 0 Å². The largest absolute Gasteiger partial charge is 0.504 e. The van der Waals surface area contributed by atoms with Crippen LogP contribution in [-0.2, 0) is 25.9 Å². The first-order chi connectivity index (χ1) is 36.8. The Morgan fingerprint density at radius 2 is 1.78 bits per heavy atom. The summed E-state index contributed by atoms with van der Waals surface area (Å²) in [5.74, 6) is 9.30. The molecule has 15 atom stereocenters. The van der Waals surface area contributed by atoms with Gasteiger partial charge in [-0.1, -0.05) is 72.4 Å². The lowest BCUT2D eigenvalue weighted by Gasteiger charge is -2.53. The number of aromatic nitrogens is 1. The van der Waals surface area contributed by atoms with Gasteiger partial charge in [0.2, 0.25) is 0 Å². The van der Waals surface area contributed by atoms with E-state index in [0.717, 1.165) is 72.0 Å². The Kier molecular flexibility index (Phi) is 18.2. The fraction of sp³-hybridized carbons (Fsp3) is 0.721. The Bertz CT molecular complexity index is 2450. The van der Waals surface area contributed by atoms with Crippen LogP contribution < -0.4 is 26.8 Å². The Balaban J connectivity index is 0.783. The van der Waals surface area contributed by atoms with Gasteiger partial charge in [-0.2, -0.15) is 0 Å². The van der Waals surface area contributed by atoms with Gasteiger partial charge in [0.1, 0.15) is 24.2 Å². The standard InChI is InChI=1S/C61H92N6O7S2/c1-36-10-16-43-40-26-38(12-17-44(43)46(48(62)29-40)34-75-76-35-51(36)67-59(63)64-3)14-19-54-41(32-69)28-42(74-54)15-11-39-13-18-52(71)55(27-39)73-33-53(72)50-30-45-57(49(8-7-25-68)65-31-37(2)70)61-23-6-9-56(61)60(21-4-5-22-60)47(20-24-61)58(45)66-50/h13,18,20,24,27-28,30,36-38,40,43-44,46-49,51,53,56-57,65-66,68-72H,4-12,14-17,19,21-23,25-26,29,31-35,62H2,1-3H3,(H3,63,64,67). The molecule has 1 aromatic carbocycles. The zero-order valence-corrected chi connectivity index (χ0v) is 47.4. The molecule has 13 nitrogen and oxygen atoms in total. The van der Waals surface area contributed by atoms with Crippen molar-refractivity contribution in [3.63, 3.8) is 0 Å². The zero-order chi connectivity index (χ0) is 53.1. The van der Waals surface area contributed by atoms with E-state index in [1.807, 2.05) is 46.7 Å². The third-order valence-corrected chi connectivity index (χ3v) is 23.1. The van der Waals surface area contributed by atoms with Gasteiger partial charge in [-0.05, 0) is 173 Å². The highest BCUT2D eigenvalue weighted by molar-refractivity contribution is 8.76. The van der Waals surface area contributed by atoms with Crippen molar-refractivity contribution in [1.82, 2.24) is 15.6 Å². The van der Waals surface area contributed by atoms with E-state index < -0.39 is 12.2 Å². The predicted molar refractivity (Wildman–Crippen MR) is 306 cm³/mol. The van der Waals surface area contributed by atoms with E-state index in [4.69, 9.17) is 20.6 Å². The molecule has 0 amide bonds. The van der Waals surface area contributed by atoms with E-state index >= 15 is 0 Å². The number of rotatable bonds is 19. The van der Waals surface area contributed by atoms with Crippen molar-refractivity contribution < 1.29 is 34.7 Å². The van der Waals surface area contributed by atoms with E-state index in [2.05, 4.69) is 45.8 Å². The molecule has 2 aromatic heterocycles. The number of aromatic hydroxyl groups is 1. The fourth-order valence-electron chi connectivity index (χ4n) is 16.9. The van der Waals surface area contributed by atoms with Gasteiger partial charge in [0, 0.05) is 96.9 Å². The van der Waals surface area contributed by atoms with Crippen LogP contribution in [-0.4, -0.2) is 99.0 Å². The molecule has 15 unspecified atom stereocenters. The number of aryl methyl sites for hydroxylation is 3. The molecule has 15 heteroatoms. The molecule has 0 radical (unpaired) electrons. The van der Waals surface area contributed by atoms with Gasteiger partial charge >= 0.3 is 0 Å². The van der Waals surface area contributed by atoms with Crippen LogP contribution >= 0.6 is 21.6 Å². The number of nitrogens with zero attached hydrogens (tertiary/aromatic N) is 1. The molecule has 3 aromatic rings. The minimum atomic E-state index is -0.961. The molecule has 3 heterocycles. The van der Waals surface area contributed by atoms with Crippen molar-refractivity contribution in [2.45, 2.75) is 185 Å². The molecular formula is C61H92N6O7S2. The topological polar surface area (TPSA) is 228 Å². The normalized spacial score (nSPS) is 33.2. The lowest BCUT2D eigenvalue weighted by Crippen LogP contribution is -2.50. The summed E-state index contributed by atoms with van der Waals surface area (Å²) in [5.41, 5.74) is 18.4. The Hall–Kier alpha value is -3.15. The molecule has 11 rings (SSSR count). The number of phenols is 1. The molecule has 7 aliphatic carbocycles. The number of aliphatic imine (C=N–C) groups is 1. The van der Waals surface area contributed by atoms with Crippen molar-refractivity contribution in [2.75, 3.05) is 38.3 Å². The number of benzene rings is 1. The number of ether oxygens (including phenoxy) is 1. The highest BCUT2D eigenvalue weighted by atomic mass is 33.1. The molecule has 2 spiro atoms. The number of H-pyrrole nitrogens is 1. The molecular weight excluding hydrogens is 993 g/mol. The van der Waals surface area contributed by atoms with Crippen LogP contribution in [0.4, 0.5) is 0 Å². The van der Waals surface area contributed by atoms with Crippen LogP contribution in [0, 0.1) is 52.3 Å². The number of allylic oxidation sites excluding steroid dienone is 2. The Labute approximate surface area is 460 Å². The molecule has 76 heavy (non-hydrogen) atoms. The maximum atomic E-state index is 12.0. The van der Waals surface area contributed by atoms with Crippen LogP contribution in [0.5, 0.6) is 11.5 Å². The fourth-order valence-corrected chi connectivity index (χ4v) is 19.8. The smallest absolute Gasteiger partial charge is 0.188 e. The minimum Gasteiger partial charge on any atom is -0.504 e. The molecule has 1 saturated heterocycles. The lowest BCUT2D eigenvalue weighted by atomic mass is 9.51. The summed E-state index contributed by atoms with van der Waals surface area (Å²) in [7, 11) is 5.71. The Morgan fingerprint density at radius 3 is 2.57 bits per heavy atom. The Morgan fingerprint density at radius 1 is 0.961 bits per heavy atom. The van der Waals surface area contributed by atoms with Crippen molar-refractivity contribution in [1.29, 1.82) is 0 Å². The summed E-state index contributed by atoms with van der Waals surface area (Å²) in [5, 5.41) is 61.4. The molecule has 4 saturated carbocycles. The number of furan rings is 1. The third kappa shape index (κ3) is 11.6. The van der Waals surface area contributed by atoms with E-state index in [-0.39, 0.29) is 60.3 Å². The van der Waals surface area contributed by atoms with Crippen molar-refractivity contribution in [3.8, 4) is 11.5 Å². The van der Waals surface area contributed by atoms with Crippen LogP contribution in [0.3, 0.4) is 0 Å². The van der Waals surface area contributed by atoms with Crippen molar-refractivity contribution in [2.24, 2.45) is 68.7 Å². The molecule has 12 N–H and O–H groups in total. The predicted octanol–water partition coefficient (Wildman–Crippen LogP) is 9.55. The molecule has 420 valence electrons. The van der Waals surface area contributed by atoms with Crippen LogP contribution in [0.25, 0.3) is 0 Å². The summed E-state index contributed by atoms with van der Waals surface area (Å²) >= 11 is 0. The maximum Gasteiger partial charge on any atom is 0.188 e. The number of hydrogen-bond acceptors (Lipinski definition) is 12. The van der Waals surface area contributed by atoms with E-state index in [0.29, 0.717) is 85.0 Å². The second-order valence-corrected chi connectivity index (χ2v) is 27.5. The van der Waals surface area contributed by atoms with E-state index in [9.17, 15) is 25.5 Å². The number of phenolic OH excluding ortho intramolecular Hbond substituents is 1. The van der Waals surface area contributed by atoms with Gasteiger partial charge < -0.3 is 61.8 Å². The molecule has 6 bridgehead atoms. The van der Waals surface area contributed by atoms with Crippen LogP contribution in [0.2, 0.25) is 0 Å². The highest BCUT2D eigenvalue weighted by Gasteiger charge is 2.65. The quantitative estimate of drug-likeness (QED) is 0.0234. The summed E-state index contributed by atoms with van der Waals surface area (Å²) < 4.78 is 12.8. The van der Waals surface area contributed by atoms with Gasteiger partial charge in [0.15, 0.2) is 17.5 Å². The summed E-state index contributed by atoms with van der Waals surface area (Å²) in [6.45, 7) is 4.71. The number of hydrogen-bond donors (Lipinski definition) is 10. The number of aromatic amines is 1. The first-order valence-electron chi connectivity index (χ1n) is 29.6. The number of aliphatic hydroxyl groups is 4. The average molecular weight is 1090 g/mol. The van der Waals surface area contributed by atoms with Crippen LogP contribution in [0.1, 0.15) is 174 Å². The van der Waals surface area contributed by atoms with E-state index in [1.165, 1.54) is 81.9 Å². The lowest BCUT2D eigenvalue weighted by molar-refractivity contribution is 0.0338. The number of aliphatic hydroxyl groups excluding tert-OH is 4. The maximum absolute atomic E-state index is 12.0. The van der Waals surface area contributed by atoms with Crippen molar-refractivity contribution >= 4 is 27.5 Å². The first-order valence-corrected chi connectivity index (χ1v) is 32.1.